The predicted molar refractivity (Wildman–Crippen MR) is 139 cm³/mol. The number of carboxylic acid groups (broad SMARTS) is 1. The number of thiazole rings is 1. The van der Waals surface area contributed by atoms with Gasteiger partial charge in [-0.15, -0.1) is 11.3 Å². The summed E-state index contributed by atoms with van der Waals surface area (Å²) in [5.74, 6) is -1.31. The Morgan fingerprint density at radius 3 is 2.31 bits per heavy atom. The minimum absolute atomic E-state index is 0.00454. The van der Waals surface area contributed by atoms with Crippen LogP contribution >= 0.6 is 22.7 Å². The van der Waals surface area contributed by atoms with Crippen LogP contribution in [0, 0.1) is 0 Å². The second-order valence-corrected chi connectivity index (χ2v) is 11.0. The number of esters is 1. The largest absolute Gasteiger partial charge is 0.481 e. The lowest BCUT2D eigenvalue weighted by molar-refractivity contribution is -0.137. The molecular weight excluding hydrogens is 484 g/mol. The fraction of sp³-hybridized carbons (Fsp3) is 0.308. The molecule has 0 bridgehead atoms. The molecule has 0 saturated heterocycles. The molecule has 2 aromatic heterocycles. The highest BCUT2D eigenvalue weighted by Crippen LogP contribution is 2.32. The van der Waals surface area contributed by atoms with E-state index in [0.717, 1.165) is 17.4 Å². The molecule has 0 fully saturated rings. The van der Waals surface area contributed by atoms with Crippen molar-refractivity contribution in [2.75, 3.05) is 7.11 Å². The van der Waals surface area contributed by atoms with Crippen molar-refractivity contribution < 1.29 is 19.4 Å². The maximum Gasteiger partial charge on any atom is 0.338 e. The summed E-state index contributed by atoms with van der Waals surface area (Å²) in [6.45, 7) is 9.33. The van der Waals surface area contributed by atoms with Crippen LogP contribution in [0.1, 0.15) is 56.7 Å². The van der Waals surface area contributed by atoms with E-state index in [4.69, 9.17) is 14.6 Å². The molecule has 0 radical (unpaired) electrons. The van der Waals surface area contributed by atoms with Crippen LogP contribution in [0.25, 0.3) is 6.08 Å². The van der Waals surface area contributed by atoms with E-state index >= 15 is 0 Å². The molecule has 9 heteroatoms. The Bertz CT molecular complexity index is 1430. The van der Waals surface area contributed by atoms with E-state index < -0.39 is 18.0 Å². The second-order valence-electron chi connectivity index (χ2n) is 8.98. The van der Waals surface area contributed by atoms with Gasteiger partial charge >= 0.3 is 5.97 Å². The molecule has 7 nitrogen and oxygen atoms in total. The number of methoxy groups -OCH3 is 1. The highest BCUT2D eigenvalue weighted by atomic mass is 32.1. The van der Waals surface area contributed by atoms with Gasteiger partial charge in [0.2, 0.25) is 0 Å². The zero-order chi connectivity index (χ0) is 25.9. The number of rotatable bonds is 3. The van der Waals surface area contributed by atoms with Crippen LogP contribution in [0.4, 0.5) is 0 Å². The molecule has 0 saturated carbocycles. The van der Waals surface area contributed by atoms with E-state index in [0.29, 0.717) is 20.6 Å². The van der Waals surface area contributed by atoms with Gasteiger partial charge in [0.05, 0.1) is 29.0 Å². The molecule has 0 spiro atoms. The molecule has 35 heavy (non-hydrogen) atoms. The van der Waals surface area contributed by atoms with Crippen LogP contribution in [-0.4, -0.2) is 28.7 Å². The Hall–Kier alpha value is -3.30. The molecule has 3 aromatic rings. The van der Waals surface area contributed by atoms with Crippen molar-refractivity contribution in [1.29, 1.82) is 0 Å². The molecule has 1 aliphatic heterocycles. The van der Waals surface area contributed by atoms with Crippen LogP contribution in [0.15, 0.2) is 62.8 Å². The van der Waals surface area contributed by atoms with Crippen LogP contribution < -0.4 is 14.9 Å². The average Bonchev–Trinajstić information content (AvgIpc) is 3.40. The van der Waals surface area contributed by atoms with E-state index in [1.54, 1.807) is 22.8 Å². The Morgan fingerprint density at radius 1 is 1.17 bits per heavy atom. The second kappa shape index (κ2) is 10.5. The molecule has 1 aromatic carbocycles. The van der Waals surface area contributed by atoms with Crippen LogP contribution in [-0.2, 0) is 19.7 Å². The quantitative estimate of drug-likeness (QED) is 0.538. The molecule has 4 rings (SSSR count). The Kier molecular flexibility index (Phi) is 7.92. The number of nitrogens with zero attached hydrogens (tertiary/aromatic N) is 2. The summed E-state index contributed by atoms with van der Waals surface area (Å²) in [4.78, 5) is 41.3. The van der Waals surface area contributed by atoms with Gasteiger partial charge in [-0.25, -0.2) is 9.79 Å². The number of thiophene rings is 1. The van der Waals surface area contributed by atoms with Crippen molar-refractivity contribution >= 4 is 40.7 Å². The van der Waals surface area contributed by atoms with Gasteiger partial charge in [-0.05, 0) is 41.0 Å². The van der Waals surface area contributed by atoms with Gasteiger partial charge in [-0.2, -0.15) is 0 Å². The normalized spacial score (nSPS) is 15.6. The number of allylic oxidation sites excluding steroid dienone is 1. The van der Waals surface area contributed by atoms with Gasteiger partial charge in [0.25, 0.3) is 11.5 Å². The molecular formula is C26H28N2O5S2. The highest BCUT2D eigenvalue weighted by Gasteiger charge is 2.33. The molecule has 184 valence electrons. The topological polar surface area (TPSA) is 98.0 Å². The first-order valence-corrected chi connectivity index (χ1v) is 12.6. The first-order chi connectivity index (χ1) is 16.4. The summed E-state index contributed by atoms with van der Waals surface area (Å²) in [6.07, 6.45) is 1.88. The number of carbonyl (C=O) groups is 2. The summed E-state index contributed by atoms with van der Waals surface area (Å²) in [5, 5.41) is 9.39. The molecule has 3 heterocycles. The van der Waals surface area contributed by atoms with E-state index in [-0.39, 0.29) is 11.0 Å². The third-order valence-electron chi connectivity index (χ3n) is 5.34. The third-order valence-corrected chi connectivity index (χ3v) is 7.14. The number of hydrogen-bond acceptors (Lipinski definition) is 7. The first-order valence-electron chi connectivity index (χ1n) is 10.9. The molecule has 1 atom stereocenters. The summed E-state index contributed by atoms with van der Waals surface area (Å²) in [6, 6.07) is 11.4. The van der Waals surface area contributed by atoms with Gasteiger partial charge in [-0.3, -0.25) is 14.2 Å². The van der Waals surface area contributed by atoms with Crippen molar-refractivity contribution in [1.82, 2.24) is 4.57 Å². The maximum atomic E-state index is 13.4. The van der Waals surface area contributed by atoms with Gasteiger partial charge in [0.15, 0.2) is 4.80 Å². The number of aromatic nitrogens is 1. The summed E-state index contributed by atoms with van der Waals surface area (Å²) in [5.41, 5.74) is 2.84. The summed E-state index contributed by atoms with van der Waals surface area (Å²) in [7, 11) is 1.35. The lowest BCUT2D eigenvalue weighted by Crippen LogP contribution is -2.39. The molecule has 1 unspecified atom stereocenters. The lowest BCUT2D eigenvalue weighted by atomic mass is 9.85. The van der Waals surface area contributed by atoms with Gasteiger partial charge in [0.1, 0.15) is 0 Å². The summed E-state index contributed by atoms with van der Waals surface area (Å²) < 4.78 is 7.28. The molecule has 0 amide bonds. The Balaban J connectivity index is 0.000000795. The van der Waals surface area contributed by atoms with E-state index in [2.05, 4.69) is 37.9 Å². The molecule has 0 aliphatic carbocycles. The third kappa shape index (κ3) is 5.86. The van der Waals surface area contributed by atoms with Crippen molar-refractivity contribution in [3.05, 3.63) is 88.7 Å². The number of ether oxygens (including phenoxy) is 1. The minimum atomic E-state index is -0.833. The number of benzene rings is 1. The number of aliphatic carboxylic acids is 1. The standard InChI is InChI=1S/C24H24N2O3S2.C2H4O2/c1-14-19(22(28)29-5)20(15-8-10-16(11-9-15)24(2,3)4)26-21(27)18(31-23(26)25-14)13-17-7-6-12-30-17;1-2(3)4/h6-13,20H,1-5H3;1H3,(H,3,4). The van der Waals surface area contributed by atoms with Crippen LogP contribution in [0.2, 0.25) is 0 Å². The minimum Gasteiger partial charge on any atom is -0.481 e. The summed E-state index contributed by atoms with van der Waals surface area (Å²) >= 11 is 2.91. The molecule has 1 N–H and O–H groups in total. The highest BCUT2D eigenvalue weighted by molar-refractivity contribution is 7.11. The van der Waals surface area contributed by atoms with Crippen molar-refractivity contribution in [2.24, 2.45) is 4.99 Å². The average molecular weight is 513 g/mol. The predicted octanol–water partition coefficient (Wildman–Crippen LogP) is 3.86. The first kappa shape index (κ1) is 26.3. The van der Waals surface area contributed by atoms with Gasteiger partial charge < -0.3 is 9.84 Å². The number of fused-ring (bicyclic) bond motifs is 1. The Morgan fingerprint density at radius 2 is 1.80 bits per heavy atom. The zero-order valence-electron chi connectivity index (χ0n) is 20.5. The van der Waals surface area contributed by atoms with Crippen LogP contribution in [0.3, 0.4) is 0 Å². The van der Waals surface area contributed by atoms with Crippen LogP contribution in [0.5, 0.6) is 0 Å². The Labute approximate surface area is 211 Å². The smallest absolute Gasteiger partial charge is 0.338 e. The number of carbonyl (C=O) groups excluding carboxylic acids is 1. The number of hydrogen-bond donors (Lipinski definition) is 1. The lowest BCUT2D eigenvalue weighted by Gasteiger charge is -2.25. The van der Waals surface area contributed by atoms with E-state index in [9.17, 15) is 9.59 Å². The van der Waals surface area contributed by atoms with E-state index in [1.807, 2.05) is 35.7 Å². The monoisotopic (exact) mass is 512 g/mol. The van der Waals surface area contributed by atoms with Crippen molar-refractivity contribution in [3.8, 4) is 0 Å². The van der Waals surface area contributed by atoms with Gasteiger partial charge in [-0.1, -0.05) is 62.4 Å². The van der Waals surface area contributed by atoms with E-state index in [1.165, 1.54) is 24.0 Å². The fourth-order valence-electron chi connectivity index (χ4n) is 3.68. The zero-order valence-corrected chi connectivity index (χ0v) is 22.1. The maximum absolute atomic E-state index is 13.4. The fourth-order valence-corrected chi connectivity index (χ4v) is 5.45. The molecule has 1 aliphatic rings. The SMILES string of the molecule is CC(=O)O.COC(=O)C1=C(C)N=c2sc(=Cc3cccs3)c(=O)n2C1c1ccc(C(C)(C)C)cc1. The van der Waals surface area contributed by atoms with Crippen molar-refractivity contribution in [3.63, 3.8) is 0 Å². The van der Waals surface area contributed by atoms with Crippen molar-refractivity contribution in [2.45, 2.75) is 46.1 Å². The number of carboxylic acids is 1. The van der Waals surface area contributed by atoms with Gasteiger partial charge in [0, 0.05) is 11.8 Å².